The molecule has 112 valence electrons. The van der Waals surface area contributed by atoms with Crippen LogP contribution in [0.2, 0.25) is 0 Å². The van der Waals surface area contributed by atoms with Gasteiger partial charge in [-0.25, -0.2) is 9.97 Å². The number of hydrogen-bond donors (Lipinski definition) is 1. The molecule has 1 unspecified atom stereocenters. The van der Waals surface area contributed by atoms with E-state index >= 15 is 0 Å². The minimum Gasteiger partial charge on any atom is -0.368 e. The maximum Gasteiger partial charge on any atom is 0.223 e. The van der Waals surface area contributed by atoms with Crippen LogP contribution in [0.15, 0.2) is 30.5 Å². The molecule has 3 rings (SSSR count). The summed E-state index contributed by atoms with van der Waals surface area (Å²) in [4.78, 5) is 10.9. The van der Waals surface area contributed by atoms with E-state index in [1.165, 1.54) is 5.56 Å². The van der Waals surface area contributed by atoms with Crippen molar-refractivity contribution < 1.29 is 0 Å². The first kappa shape index (κ1) is 14.3. The molecule has 2 heterocycles. The highest BCUT2D eigenvalue weighted by Crippen LogP contribution is 2.26. The van der Waals surface area contributed by atoms with Gasteiger partial charge in [0.25, 0.3) is 0 Å². The summed E-state index contributed by atoms with van der Waals surface area (Å²) in [5.74, 6) is 0.677. The van der Waals surface area contributed by atoms with Gasteiger partial charge < -0.3 is 10.2 Å². The molecule has 1 aromatic carbocycles. The van der Waals surface area contributed by atoms with Crippen molar-refractivity contribution in [3.63, 3.8) is 0 Å². The van der Waals surface area contributed by atoms with Gasteiger partial charge in [0.1, 0.15) is 6.07 Å². The van der Waals surface area contributed by atoms with Crippen LogP contribution in [0.5, 0.6) is 0 Å². The third-order valence-electron chi connectivity index (χ3n) is 3.93. The van der Waals surface area contributed by atoms with Gasteiger partial charge in [-0.15, -0.1) is 0 Å². The first-order valence-electron chi connectivity index (χ1n) is 7.47. The van der Waals surface area contributed by atoms with Gasteiger partial charge in [0.05, 0.1) is 11.3 Å². The summed E-state index contributed by atoms with van der Waals surface area (Å²) in [5.41, 5.74) is 3.89. The van der Waals surface area contributed by atoms with E-state index < -0.39 is 0 Å². The predicted octanol–water partition coefficient (Wildman–Crippen LogP) is 2.66. The Balaban J connectivity index is 1.73. The summed E-state index contributed by atoms with van der Waals surface area (Å²) in [6, 6.07) is 10.4. The van der Waals surface area contributed by atoms with E-state index in [-0.39, 0.29) is 0 Å². The van der Waals surface area contributed by atoms with Crippen LogP contribution in [0.1, 0.15) is 23.2 Å². The van der Waals surface area contributed by atoms with Gasteiger partial charge in [-0.1, -0.05) is 6.07 Å². The Morgan fingerprint density at radius 3 is 2.95 bits per heavy atom. The summed E-state index contributed by atoms with van der Waals surface area (Å²) in [6.45, 7) is 5.80. The van der Waals surface area contributed by atoms with Gasteiger partial charge in [-0.2, -0.15) is 5.26 Å². The Morgan fingerprint density at radius 1 is 1.32 bits per heavy atom. The van der Waals surface area contributed by atoms with Gasteiger partial charge in [0.15, 0.2) is 0 Å². The molecule has 22 heavy (non-hydrogen) atoms. The Labute approximate surface area is 130 Å². The largest absolute Gasteiger partial charge is 0.368 e. The van der Waals surface area contributed by atoms with Crippen molar-refractivity contribution in [1.29, 1.82) is 5.26 Å². The molecule has 1 fully saturated rings. The third kappa shape index (κ3) is 3.01. The van der Waals surface area contributed by atoms with Crippen molar-refractivity contribution in [2.75, 3.05) is 23.3 Å². The Kier molecular flexibility index (Phi) is 3.92. The van der Waals surface area contributed by atoms with Gasteiger partial charge >= 0.3 is 0 Å². The van der Waals surface area contributed by atoms with E-state index in [9.17, 15) is 5.26 Å². The SMILES string of the molecule is Cc1ccc(C#N)c(N2CCC(Nc3nccc(C)n3)C2)c1. The Bertz CT molecular complexity index is 719. The van der Waals surface area contributed by atoms with Crippen molar-refractivity contribution in [3.05, 3.63) is 47.3 Å². The molecular formula is C17H19N5. The second-order valence-electron chi connectivity index (χ2n) is 5.73. The second-order valence-corrected chi connectivity index (χ2v) is 5.73. The predicted molar refractivity (Wildman–Crippen MR) is 86.9 cm³/mol. The standard InChI is InChI=1S/C17H19N5/c1-12-3-4-14(10-18)16(9-12)22-8-6-15(11-22)21-17-19-7-5-13(2)20-17/h3-5,7,9,15H,6,8,11H2,1-2H3,(H,19,20,21). The highest BCUT2D eigenvalue weighted by atomic mass is 15.2. The Morgan fingerprint density at radius 2 is 2.18 bits per heavy atom. The average molecular weight is 293 g/mol. The molecule has 0 amide bonds. The maximum atomic E-state index is 9.29. The van der Waals surface area contributed by atoms with E-state index in [0.29, 0.717) is 12.0 Å². The van der Waals surface area contributed by atoms with E-state index in [2.05, 4.69) is 39.2 Å². The minimum atomic E-state index is 0.300. The molecule has 0 radical (unpaired) electrons. The monoisotopic (exact) mass is 293 g/mol. The Hall–Kier alpha value is -2.61. The second kappa shape index (κ2) is 6.02. The molecule has 2 aromatic rings. The summed E-state index contributed by atoms with van der Waals surface area (Å²) in [7, 11) is 0. The van der Waals surface area contributed by atoms with Crippen LogP contribution in [0.3, 0.4) is 0 Å². The summed E-state index contributed by atoms with van der Waals surface area (Å²) in [5, 5.41) is 12.7. The highest BCUT2D eigenvalue weighted by Gasteiger charge is 2.24. The first-order chi connectivity index (χ1) is 10.7. The number of nitrogens with one attached hydrogen (secondary N) is 1. The lowest BCUT2D eigenvalue weighted by molar-refractivity contribution is 0.790. The number of aryl methyl sites for hydroxylation is 2. The molecule has 1 N–H and O–H groups in total. The lowest BCUT2D eigenvalue weighted by Gasteiger charge is -2.20. The molecule has 1 atom stereocenters. The molecule has 0 spiro atoms. The fourth-order valence-electron chi connectivity index (χ4n) is 2.80. The van der Waals surface area contributed by atoms with E-state index in [1.54, 1.807) is 6.20 Å². The van der Waals surface area contributed by atoms with E-state index in [4.69, 9.17) is 0 Å². The van der Waals surface area contributed by atoms with Crippen LogP contribution < -0.4 is 10.2 Å². The van der Waals surface area contributed by atoms with Crippen LogP contribution in [-0.4, -0.2) is 29.1 Å². The number of aromatic nitrogens is 2. The van der Waals surface area contributed by atoms with Gasteiger partial charge in [-0.05, 0) is 44.0 Å². The first-order valence-corrected chi connectivity index (χ1v) is 7.47. The minimum absolute atomic E-state index is 0.300. The molecule has 0 aliphatic carbocycles. The zero-order valence-corrected chi connectivity index (χ0v) is 12.9. The van der Waals surface area contributed by atoms with Crippen LogP contribution in [0.25, 0.3) is 0 Å². The van der Waals surface area contributed by atoms with Crippen molar-refractivity contribution in [1.82, 2.24) is 9.97 Å². The zero-order chi connectivity index (χ0) is 15.5. The third-order valence-corrected chi connectivity index (χ3v) is 3.93. The fourth-order valence-corrected chi connectivity index (χ4v) is 2.80. The zero-order valence-electron chi connectivity index (χ0n) is 12.9. The lowest BCUT2D eigenvalue weighted by Crippen LogP contribution is -2.27. The van der Waals surface area contributed by atoms with Crippen molar-refractivity contribution in [2.45, 2.75) is 26.3 Å². The number of nitrogens with zero attached hydrogens (tertiary/aromatic N) is 4. The molecule has 5 heteroatoms. The number of anilines is 2. The molecular weight excluding hydrogens is 274 g/mol. The quantitative estimate of drug-likeness (QED) is 0.942. The van der Waals surface area contributed by atoms with Gasteiger partial charge in [0.2, 0.25) is 5.95 Å². The average Bonchev–Trinajstić information content (AvgIpc) is 2.95. The van der Waals surface area contributed by atoms with Crippen LogP contribution in [0, 0.1) is 25.2 Å². The van der Waals surface area contributed by atoms with Crippen molar-refractivity contribution >= 4 is 11.6 Å². The molecule has 1 aliphatic rings. The van der Waals surface area contributed by atoms with E-state index in [1.807, 2.05) is 25.1 Å². The molecule has 1 aliphatic heterocycles. The molecule has 1 aromatic heterocycles. The summed E-state index contributed by atoms with van der Waals surface area (Å²) >= 11 is 0. The van der Waals surface area contributed by atoms with Crippen LogP contribution in [0.4, 0.5) is 11.6 Å². The normalized spacial score (nSPS) is 17.3. The summed E-state index contributed by atoms with van der Waals surface area (Å²) in [6.07, 6.45) is 2.78. The smallest absolute Gasteiger partial charge is 0.223 e. The van der Waals surface area contributed by atoms with Crippen LogP contribution >= 0.6 is 0 Å². The molecule has 0 bridgehead atoms. The number of hydrogen-bond acceptors (Lipinski definition) is 5. The molecule has 1 saturated heterocycles. The molecule has 5 nitrogen and oxygen atoms in total. The van der Waals surface area contributed by atoms with Gasteiger partial charge in [0, 0.05) is 31.0 Å². The fraction of sp³-hybridized carbons (Fsp3) is 0.353. The highest BCUT2D eigenvalue weighted by molar-refractivity contribution is 5.61. The lowest BCUT2D eigenvalue weighted by atomic mass is 10.1. The number of nitriles is 1. The topological polar surface area (TPSA) is 64.8 Å². The molecule has 0 saturated carbocycles. The van der Waals surface area contributed by atoms with Crippen LogP contribution in [-0.2, 0) is 0 Å². The maximum absolute atomic E-state index is 9.29. The van der Waals surface area contributed by atoms with Gasteiger partial charge in [-0.3, -0.25) is 0 Å². The van der Waals surface area contributed by atoms with Crippen molar-refractivity contribution in [2.24, 2.45) is 0 Å². The summed E-state index contributed by atoms with van der Waals surface area (Å²) < 4.78 is 0. The number of rotatable bonds is 3. The van der Waals surface area contributed by atoms with Crippen molar-refractivity contribution in [3.8, 4) is 6.07 Å². The van der Waals surface area contributed by atoms with E-state index in [0.717, 1.165) is 36.5 Å². The number of benzene rings is 1.